The average Bonchev–Trinajstić information content (AvgIpc) is 2.14. The molecule has 8 heteroatoms. The van der Waals surface area contributed by atoms with Crippen LogP contribution >= 0.6 is 23.2 Å². The van der Waals surface area contributed by atoms with Crippen molar-refractivity contribution >= 4 is 35.3 Å². The highest BCUT2D eigenvalue weighted by atomic mass is 35.5. The standard InChI is InChI=1S/C8Cl2F4O2/c9-3-1(7(13)15)5(11)6(12)2(4(3)10)8(14)16. The van der Waals surface area contributed by atoms with Crippen LogP contribution in [0.1, 0.15) is 20.7 Å². The minimum absolute atomic E-state index is 1.06. The van der Waals surface area contributed by atoms with Gasteiger partial charge >= 0.3 is 12.1 Å². The highest BCUT2D eigenvalue weighted by molar-refractivity contribution is 6.45. The molecule has 16 heavy (non-hydrogen) atoms. The molecule has 0 fully saturated rings. The maximum absolute atomic E-state index is 13.0. The molecule has 0 aliphatic carbocycles. The molecule has 0 amide bonds. The molecular weight excluding hydrogens is 275 g/mol. The van der Waals surface area contributed by atoms with Crippen molar-refractivity contribution in [2.75, 3.05) is 0 Å². The Hall–Kier alpha value is -1.14. The minimum Gasteiger partial charge on any atom is -0.255 e. The first-order valence-electron chi connectivity index (χ1n) is 3.54. The molecular formula is C8Cl2F4O2. The number of hydrogen-bond donors (Lipinski definition) is 0. The van der Waals surface area contributed by atoms with Crippen molar-refractivity contribution in [2.45, 2.75) is 0 Å². The molecule has 0 radical (unpaired) electrons. The van der Waals surface area contributed by atoms with Crippen LogP contribution in [0.3, 0.4) is 0 Å². The minimum atomic E-state index is -2.39. The summed E-state index contributed by atoms with van der Waals surface area (Å²) in [5, 5.41) is -2.12. The molecule has 0 bridgehead atoms. The van der Waals surface area contributed by atoms with Gasteiger partial charge in [-0.2, -0.15) is 8.78 Å². The Balaban J connectivity index is 3.77. The smallest absolute Gasteiger partial charge is 0.255 e. The van der Waals surface area contributed by atoms with E-state index in [0.717, 1.165) is 0 Å². The molecule has 0 saturated carbocycles. The summed E-state index contributed by atoms with van der Waals surface area (Å²) in [6.07, 6.45) is 0. The van der Waals surface area contributed by atoms with Crippen molar-refractivity contribution < 1.29 is 27.2 Å². The van der Waals surface area contributed by atoms with Crippen molar-refractivity contribution in [1.82, 2.24) is 0 Å². The van der Waals surface area contributed by atoms with Crippen molar-refractivity contribution in [3.05, 3.63) is 32.8 Å². The van der Waals surface area contributed by atoms with E-state index in [1.165, 1.54) is 0 Å². The van der Waals surface area contributed by atoms with Crippen molar-refractivity contribution in [1.29, 1.82) is 0 Å². The second kappa shape index (κ2) is 4.39. The predicted octanol–water partition coefficient (Wildman–Crippen LogP) is 3.49. The lowest BCUT2D eigenvalue weighted by Gasteiger charge is -2.07. The first kappa shape index (κ1) is 12.9. The normalized spacial score (nSPS) is 10.4. The zero-order chi connectivity index (χ0) is 12.6. The molecule has 86 valence electrons. The summed E-state index contributed by atoms with van der Waals surface area (Å²) in [6, 6.07) is -4.78. The Morgan fingerprint density at radius 1 is 0.812 bits per heavy atom. The lowest BCUT2D eigenvalue weighted by atomic mass is 10.1. The fourth-order valence-corrected chi connectivity index (χ4v) is 1.48. The molecule has 0 aliphatic heterocycles. The summed E-state index contributed by atoms with van der Waals surface area (Å²) in [4.78, 5) is 20.6. The van der Waals surface area contributed by atoms with Crippen molar-refractivity contribution in [3.8, 4) is 0 Å². The largest absolute Gasteiger partial charge is 0.336 e. The maximum Gasteiger partial charge on any atom is 0.336 e. The maximum atomic E-state index is 13.0. The van der Waals surface area contributed by atoms with Gasteiger partial charge in [0.1, 0.15) is 11.1 Å². The summed E-state index contributed by atoms with van der Waals surface area (Å²) in [7, 11) is 0. The molecule has 0 N–H and O–H groups in total. The third kappa shape index (κ3) is 1.90. The van der Waals surface area contributed by atoms with Crippen LogP contribution in [0.2, 0.25) is 10.0 Å². The second-order valence-corrected chi connectivity index (χ2v) is 3.31. The van der Waals surface area contributed by atoms with Gasteiger partial charge in [-0.05, 0) is 0 Å². The van der Waals surface area contributed by atoms with Crippen LogP contribution in [0.25, 0.3) is 0 Å². The highest BCUT2D eigenvalue weighted by Gasteiger charge is 2.30. The lowest BCUT2D eigenvalue weighted by molar-refractivity contribution is 0.0812. The van der Waals surface area contributed by atoms with Crippen LogP contribution < -0.4 is 0 Å². The van der Waals surface area contributed by atoms with Crippen LogP contribution in [0, 0.1) is 11.6 Å². The summed E-state index contributed by atoms with van der Waals surface area (Å²) in [6.45, 7) is 0. The lowest BCUT2D eigenvalue weighted by Crippen LogP contribution is -2.08. The summed E-state index contributed by atoms with van der Waals surface area (Å²) in [5.74, 6) is -4.13. The Kier molecular flexibility index (Phi) is 3.54. The van der Waals surface area contributed by atoms with E-state index in [-0.39, 0.29) is 0 Å². The van der Waals surface area contributed by atoms with E-state index in [2.05, 4.69) is 0 Å². The Morgan fingerprint density at radius 3 is 1.25 bits per heavy atom. The highest BCUT2D eigenvalue weighted by Crippen LogP contribution is 2.35. The molecule has 0 saturated heterocycles. The number of carbonyl (C=O) groups is 2. The van der Waals surface area contributed by atoms with E-state index in [0.29, 0.717) is 0 Å². The zero-order valence-corrected chi connectivity index (χ0v) is 8.60. The third-order valence-corrected chi connectivity index (χ3v) is 2.51. The van der Waals surface area contributed by atoms with Gasteiger partial charge in [-0.25, -0.2) is 8.78 Å². The number of hydrogen-bond acceptors (Lipinski definition) is 2. The van der Waals surface area contributed by atoms with Gasteiger partial charge in [0.25, 0.3) is 0 Å². The topological polar surface area (TPSA) is 34.1 Å². The first-order valence-corrected chi connectivity index (χ1v) is 4.30. The predicted molar refractivity (Wildman–Crippen MR) is 47.3 cm³/mol. The van der Waals surface area contributed by atoms with Crippen LogP contribution in [-0.2, 0) is 0 Å². The summed E-state index contributed by atoms with van der Waals surface area (Å²) in [5.41, 5.74) is -2.96. The molecule has 0 aromatic heterocycles. The molecule has 0 atom stereocenters. The average molecular weight is 275 g/mol. The number of halogens is 6. The summed E-state index contributed by atoms with van der Waals surface area (Å²) < 4.78 is 50.6. The van der Waals surface area contributed by atoms with Crippen molar-refractivity contribution in [2.24, 2.45) is 0 Å². The molecule has 0 spiro atoms. The van der Waals surface area contributed by atoms with Crippen LogP contribution in [0.4, 0.5) is 17.6 Å². The molecule has 0 aliphatic rings. The van der Waals surface area contributed by atoms with Gasteiger partial charge in [-0.3, -0.25) is 9.59 Å². The zero-order valence-electron chi connectivity index (χ0n) is 7.08. The van der Waals surface area contributed by atoms with Crippen LogP contribution in [-0.4, -0.2) is 12.1 Å². The quantitative estimate of drug-likeness (QED) is 0.470. The van der Waals surface area contributed by atoms with E-state index in [9.17, 15) is 27.2 Å². The third-order valence-electron chi connectivity index (χ3n) is 1.66. The van der Waals surface area contributed by atoms with Gasteiger partial charge in [0.15, 0.2) is 11.6 Å². The fourth-order valence-electron chi connectivity index (χ4n) is 0.977. The van der Waals surface area contributed by atoms with Gasteiger partial charge < -0.3 is 0 Å². The Bertz CT molecular complexity index is 427. The Labute approximate surface area is 95.8 Å². The van der Waals surface area contributed by atoms with Gasteiger partial charge in [-0.15, -0.1) is 0 Å². The molecule has 2 nitrogen and oxygen atoms in total. The molecule has 1 aromatic rings. The van der Waals surface area contributed by atoms with E-state index in [1.54, 1.807) is 0 Å². The van der Waals surface area contributed by atoms with Gasteiger partial charge in [-0.1, -0.05) is 23.2 Å². The van der Waals surface area contributed by atoms with E-state index >= 15 is 0 Å². The SMILES string of the molecule is O=C(F)c1c(F)c(F)c(C(=O)F)c(Cl)c1Cl. The van der Waals surface area contributed by atoms with Gasteiger partial charge in [0.2, 0.25) is 0 Å². The number of benzene rings is 1. The van der Waals surface area contributed by atoms with E-state index in [1.807, 2.05) is 0 Å². The molecule has 1 aromatic carbocycles. The number of rotatable bonds is 2. The van der Waals surface area contributed by atoms with Gasteiger partial charge in [0, 0.05) is 0 Å². The van der Waals surface area contributed by atoms with Crippen molar-refractivity contribution in [3.63, 3.8) is 0 Å². The monoisotopic (exact) mass is 274 g/mol. The van der Waals surface area contributed by atoms with Gasteiger partial charge in [0.05, 0.1) is 10.0 Å². The fraction of sp³-hybridized carbons (Fsp3) is 0. The van der Waals surface area contributed by atoms with Crippen LogP contribution in [0.5, 0.6) is 0 Å². The second-order valence-electron chi connectivity index (χ2n) is 2.55. The van der Waals surface area contributed by atoms with Crippen LogP contribution in [0.15, 0.2) is 0 Å². The summed E-state index contributed by atoms with van der Waals surface area (Å²) >= 11 is 10.4. The van der Waals surface area contributed by atoms with E-state index < -0.39 is 44.9 Å². The number of carbonyl (C=O) groups excluding carboxylic acids is 2. The Morgan fingerprint density at radius 2 is 1.06 bits per heavy atom. The molecule has 1 rings (SSSR count). The molecule has 0 heterocycles. The molecule has 0 unspecified atom stereocenters. The first-order chi connectivity index (χ1) is 7.29. The van der Waals surface area contributed by atoms with E-state index in [4.69, 9.17) is 23.2 Å².